The lowest BCUT2D eigenvalue weighted by Gasteiger charge is -2.31. The Kier molecular flexibility index (Phi) is 9.33. The van der Waals surface area contributed by atoms with Gasteiger partial charge in [-0.25, -0.2) is 4.68 Å². The molecule has 0 fully saturated rings. The minimum absolute atomic E-state index is 0.187. The van der Waals surface area contributed by atoms with Gasteiger partial charge in [-0.15, -0.1) is 5.10 Å². The van der Waals surface area contributed by atoms with E-state index < -0.39 is 6.04 Å². The van der Waals surface area contributed by atoms with E-state index >= 15 is 0 Å². The highest BCUT2D eigenvalue weighted by molar-refractivity contribution is 6.31. The molecule has 2 heterocycles. The van der Waals surface area contributed by atoms with Crippen LogP contribution < -0.4 is 10.3 Å². The van der Waals surface area contributed by atoms with Crippen LogP contribution in [-0.2, 0) is 32.5 Å². The largest absolute Gasteiger partial charge is 0.497 e. The van der Waals surface area contributed by atoms with E-state index in [1.54, 1.807) is 7.11 Å². The first-order valence-electron chi connectivity index (χ1n) is 15.1. The smallest absolute Gasteiger partial charge is 0.253 e. The third kappa shape index (κ3) is 6.98. The summed E-state index contributed by atoms with van der Waals surface area (Å²) in [6.07, 6.45) is 1.63. The third-order valence-corrected chi connectivity index (χ3v) is 8.51. The Hall–Kier alpha value is -4.79. The van der Waals surface area contributed by atoms with Crippen molar-refractivity contribution in [3.8, 4) is 5.75 Å². The summed E-state index contributed by atoms with van der Waals surface area (Å²) in [5.74, 6) is 1.36. The lowest BCUT2D eigenvalue weighted by Crippen LogP contribution is -2.35. The number of methoxy groups -OCH3 is 1. The Morgan fingerprint density at radius 3 is 2.40 bits per heavy atom. The van der Waals surface area contributed by atoms with Crippen LogP contribution in [0.2, 0.25) is 5.02 Å². The molecule has 0 aliphatic carbocycles. The highest BCUT2D eigenvalue weighted by Crippen LogP contribution is 2.32. The van der Waals surface area contributed by atoms with Gasteiger partial charge in [-0.05, 0) is 87.3 Å². The molecule has 0 saturated carbocycles. The minimum atomic E-state index is -0.590. The molecule has 45 heavy (non-hydrogen) atoms. The van der Waals surface area contributed by atoms with Crippen molar-refractivity contribution in [2.75, 3.05) is 7.11 Å². The van der Waals surface area contributed by atoms with Crippen LogP contribution in [0.5, 0.6) is 5.75 Å². The molecule has 0 spiro atoms. The second kappa shape index (κ2) is 13.9. The van der Waals surface area contributed by atoms with Gasteiger partial charge in [-0.2, -0.15) is 0 Å². The normalized spacial score (nSPS) is 12.1. The van der Waals surface area contributed by atoms with Gasteiger partial charge >= 0.3 is 0 Å². The summed E-state index contributed by atoms with van der Waals surface area (Å²) in [6, 6.07) is 33.5. The fourth-order valence-electron chi connectivity index (χ4n) is 5.69. The van der Waals surface area contributed by atoms with Gasteiger partial charge in [0.15, 0.2) is 5.82 Å². The molecule has 6 rings (SSSR count). The molecule has 0 bridgehead atoms. The van der Waals surface area contributed by atoms with Gasteiger partial charge < -0.3 is 9.72 Å². The standard InChI is InChI=1S/C36H35ClN6O2/c1-3-25-15-18-33-29(21-25)22-31(36(44)38-33)34(35-39-40-41-43(35)20-19-26-9-5-4-6-10-26)42(24-28-11-7-8-12-32(28)37)23-27-13-16-30(45-2)17-14-27/h4-18,21-22,34H,3,19-20,23-24H2,1-2H3,(H,38,44)/t34-/m0/s1. The van der Waals surface area contributed by atoms with Crippen LogP contribution in [0.1, 0.15) is 46.6 Å². The molecule has 0 amide bonds. The van der Waals surface area contributed by atoms with Gasteiger partial charge in [0.2, 0.25) is 0 Å². The first-order valence-corrected chi connectivity index (χ1v) is 15.5. The van der Waals surface area contributed by atoms with E-state index in [-0.39, 0.29) is 5.56 Å². The Bertz CT molecular complexity index is 1940. The van der Waals surface area contributed by atoms with Crippen molar-refractivity contribution < 1.29 is 4.74 Å². The van der Waals surface area contributed by atoms with Gasteiger partial charge in [0.25, 0.3) is 5.56 Å². The minimum Gasteiger partial charge on any atom is -0.497 e. The van der Waals surface area contributed by atoms with E-state index in [2.05, 4.69) is 50.5 Å². The van der Waals surface area contributed by atoms with Gasteiger partial charge in [0.1, 0.15) is 11.8 Å². The highest BCUT2D eigenvalue weighted by Gasteiger charge is 2.31. The summed E-state index contributed by atoms with van der Waals surface area (Å²) in [7, 11) is 1.65. The van der Waals surface area contributed by atoms with Crippen LogP contribution in [0.25, 0.3) is 10.9 Å². The van der Waals surface area contributed by atoms with Crippen molar-refractivity contribution in [1.29, 1.82) is 0 Å². The second-order valence-corrected chi connectivity index (χ2v) is 11.5. The predicted molar refractivity (Wildman–Crippen MR) is 177 cm³/mol. The fourth-order valence-corrected chi connectivity index (χ4v) is 5.89. The number of nitrogens with one attached hydrogen (secondary N) is 1. The maximum Gasteiger partial charge on any atom is 0.253 e. The van der Waals surface area contributed by atoms with E-state index in [0.717, 1.165) is 40.6 Å². The summed E-state index contributed by atoms with van der Waals surface area (Å²) in [5.41, 5.74) is 5.51. The summed E-state index contributed by atoms with van der Waals surface area (Å²) in [4.78, 5) is 19.3. The quantitative estimate of drug-likeness (QED) is 0.163. The molecule has 9 heteroatoms. The molecular weight excluding hydrogens is 584 g/mol. The third-order valence-electron chi connectivity index (χ3n) is 8.14. The lowest BCUT2D eigenvalue weighted by molar-refractivity contribution is 0.193. The van der Waals surface area contributed by atoms with Crippen molar-refractivity contribution >= 4 is 22.5 Å². The molecule has 0 radical (unpaired) electrons. The first kappa shape index (κ1) is 30.2. The van der Waals surface area contributed by atoms with E-state index in [1.807, 2.05) is 89.6 Å². The molecule has 0 saturated heterocycles. The molecule has 228 valence electrons. The second-order valence-electron chi connectivity index (χ2n) is 11.1. The average Bonchev–Trinajstić information content (AvgIpc) is 3.53. The Morgan fingerprint density at radius 2 is 1.64 bits per heavy atom. The van der Waals surface area contributed by atoms with Crippen molar-refractivity contribution in [2.45, 2.75) is 45.4 Å². The summed E-state index contributed by atoms with van der Waals surface area (Å²) in [6.45, 7) is 3.63. The molecule has 6 aromatic rings. The number of hydrogen-bond acceptors (Lipinski definition) is 6. The number of fused-ring (bicyclic) bond motifs is 1. The molecule has 4 aromatic carbocycles. The number of pyridine rings is 1. The number of rotatable bonds is 12. The van der Waals surface area contributed by atoms with Gasteiger partial charge in [0.05, 0.1) is 7.11 Å². The number of aromatic amines is 1. The zero-order valence-corrected chi connectivity index (χ0v) is 26.1. The van der Waals surface area contributed by atoms with Crippen molar-refractivity contribution in [1.82, 2.24) is 30.1 Å². The van der Waals surface area contributed by atoms with Crippen LogP contribution in [0.3, 0.4) is 0 Å². The lowest BCUT2D eigenvalue weighted by atomic mass is 10.00. The number of halogens is 1. The van der Waals surface area contributed by atoms with Gasteiger partial charge in [-0.1, -0.05) is 85.3 Å². The number of benzene rings is 4. The molecule has 0 aliphatic heterocycles. The van der Waals surface area contributed by atoms with Crippen molar-refractivity contribution in [2.24, 2.45) is 0 Å². The number of aromatic nitrogens is 5. The topological polar surface area (TPSA) is 88.9 Å². The number of aryl methyl sites for hydroxylation is 3. The summed E-state index contributed by atoms with van der Waals surface area (Å²) < 4.78 is 7.23. The molecular formula is C36H35ClN6O2. The van der Waals surface area contributed by atoms with Crippen LogP contribution in [0, 0.1) is 0 Å². The molecule has 0 unspecified atom stereocenters. The molecule has 8 nitrogen and oxygen atoms in total. The van der Waals surface area contributed by atoms with Crippen LogP contribution in [-0.4, -0.2) is 37.2 Å². The molecule has 2 aromatic heterocycles. The maximum absolute atomic E-state index is 14.0. The Morgan fingerprint density at radius 1 is 0.889 bits per heavy atom. The highest BCUT2D eigenvalue weighted by atomic mass is 35.5. The van der Waals surface area contributed by atoms with E-state index in [1.165, 1.54) is 11.1 Å². The zero-order valence-electron chi connectivity index (χ0n) is 25.4. The fraction of sp³-hybridized carbons (Fsp3) is 0.222. The van der Waals surface area contributed by atoms with E-state index in [9.17, 15) is 4.79 Å². The Balaban J connectivity index is 1.50. The number of hydrogen-bond donors (Lipinski definition) is 1. The molecule has 1 N–H and O–H groups in total. The monoisotopic (exact) mass is 618 g/mol. The molecule has 0 aliphatic rings. The number of tetrazole rings is 1. The predicted octanol–water partition coefficient (Wildman–Crippen LogP) is 6.77. The van der Waals surface area contributed by atoms with Gasteiger partial charge in [-0.3, -0.25) is 9.69 Å². The number of ether oxygens (including phenoxy) is 1. The van der Waals surface area contributed by atoms with Crippen LogP contribution >= 0.6 is 11.6 Å². The average molecular weight is 619 g/mol. The van der Waals surface area contributed by atoms with Gasteiger partial charge in [0, 0.05) is 35.7 Å². The van der Waals surface area contributed by atoms with Crippen LogP contribution in [0.4, 0.5) is 0 Å². The summed E-state index contributed by atoms with van der Waals surface area (Å²) >= 11 is 6.72. The SMILES string of the molecule is CCc1ccc2[nH]c(=O)c([C@@H](c3nnnn3CCc3ccccc3)N(Cc3ccc(OC)cc3)Cc3ccccc3Cl)cc2c1. The van der Waals surface area contributed by atoms with Crippen LogP contribution in [0.15, 0.2) is 108 Å². The molecule has 1 atom stereocenters. The Labute approximate surface area is 267 Å². The van der Waals surface area contributed by atoms with E-state index in [4.69, 9.17) is 16.3 Å². The van der Waals surface area contributed by atoms with E-state index in [0.29, 0.717) is 36.0 Å². The van der Waals surface area contributed by atoms with Crippen molar-refractivity contribution in [3.63, 3.8) is 0 Å². The number of H-pyrrole nitrogens is 1. The van der Waals surface area contributed by atoms with Crippen molar-refractivity contribution in [3.05, 3.63) is 152 Å². The first-order chi connectivity index (χ1) is 22.0. The zero-order chi connectivity index (χ0) is 31.2. The number of nitrogens with zero attached hydrogens (tertiary/aromatic N) is 5. The summed E-state index contributed by atoms with van der Waals surface area (Å²) in [5, 5.41) is 14.7. The maximum atomic E-state index is 14.0.